The summed E-state index contributed by atoms with van der Waals surface area (Å²) in [4.78, 5) is 14.4. The van der Waals surface area contributed by atoms with Crippen molar-refractivity contribution in [1.29, 1.82) is 0 Å². The van der Waals surface area contributed by atoms with E-state index >= 15 is 0 Å². The Hall–Kier alpha value is -2.87. The zero-order valence-corrected chi connectivity index (χ0v) is 18.6. The van der Waals surface area contributed by atoms with E-state index in [1.165, 1.54) is 0 Å². The van der Waals surface area contributed by atoms with Crippen LogP contribution in [-0.2, 0) is 11.2 Å². The lowest BCUT2D eigenvalue weighted by Crippen LogP contribution is -2.35. The highest BCUT2D eigenvalue weighted by Crippen LogP contribution is 2.43. The molecule has 158 valence electrons. The maximum absolute atomic E-state index is 12.7. The first-order valence-electron chi connectivity index (χ1n) is 9.56. The molecule has 30 heavy (non-hydrogen) atoms. The highest BCUT2D eigenvalue weighted by atomic mass is 79.9. The molecular formula is C22H22BrNO6. The molecule has 0 bridgehead atoms. The van der Waals surface area contributed by atoms with Gasteiger partial charge in [0.15, 0.2) is 23.0 Å². The van der Waals surface area contributed by atoms with Crippen molar-refractivity contribution in [2.45, 2.75) is 13.3 Å². The van der Waals surface area contributed by atoms with Gasteiger partial charge in [-0.3, -0.25) is 4.90 Å². The molecule has 0 N–H and O–H groups in total. The summed E-state index contributed by atoms with van der Waals surface area (Å²) in [6.07, 6.45) is 2.19. The largest absolute Gasteiger partial charge is 0.493 e. The Balaban J connectivity index is 1.91. The quantitative estimate of drug-likeness (QED) is 0.637. The fourth-order valence-electron chi connectivity index (χ4n) is 3.67. The van der Waals surface area contributed by atoms with E-state index in [9.17, 15) is 4.79 Å². The smallest absolute Gasteiger partial charge is 0.414 e. The Morgan fingerprint density at radius 1 is 1.20 bits per heavy atom. The summed E-state index contributed by atoms with van der Waals surface area (Å²) in [5.74, 6) is 2.54. The molecule has 1 amide bonds. The van der Waals surface area contributed by atoms with E-state index in [-0.39, 0.29) is 6.79 Å². The third kappa shape index (κ3) is 3.56. The Kier molecular flexibility index (Phi) is 5.76. The number of ether oxygens (including phenoxy) is 5. The van der Waals surface area contributed by atoms with Gasteiger partial charge in [0.2, 0.25) is 6.79 Å². The normalized spacial score (nSPS) is 15.7. The lowest BCUT2D eigenvalue weighted by atomic mass is 9.94. The van der Waals surface area contributed by atoms with Crippen LogP contribution in [-0.4, -0.2) is 45.2 Å². The van der Waals surface area contributed by atoms with Crippen LogP contribution >= 0.6 is 15.9 Å². The summed E-state index contributed by atoms with van der Waals surface area (Å²) in [5.41, 5.74) is 3.41. The molecular weight excluding hydrogens is 454 g/mol. The minimum absolute atomic E-state index is 0.189. The van der Waals surface area contributed by atoms with Crippen LogP contribution < -0.4 is 18.9 Å². The van der Waals surface area contributed by atoms with Crippen molar-refractivity contribution >= 4 is 33.8 Å². The second-order valence-corrected chi connectivity index (χ2v) is 7.54. The zero-order valence-electron chi connectivity index (χ0n) is 17.0. The van der Waals surface area contributed by atoms with Gasteiger partial charge in [-0.2, -0.15) is 0 Å². The Morgan fingerprint density at radius 3 is 2.67 bits per heavy atom. The Bertz CT molecular complexity index is 1020. The van der Waals surface area contributed by atoms with Crippen molar-refractivity contribution in [2.24, 2.45) is 0 Å². The molecule has 8 heteroatoms. The molecule has 2 heterocycles. The minimum atomic E-state index is -0.398. The monoisotopic (exact) mass is 475 g/mol. The molecule has 0 saturated heterocycles. The van der Waals surface area contributed by atoms with Crippen LogP contribution in [0.5, 0.6) is 23.0 Å². The number of carbonyl (C=O) groups excluding carboxylic acids is 1. The van der Waals surface area contributed by atoms with E-state index in [0.717, 1.165) is 26.9 Å². The first kappa shape index (κ1) is 20.4. The second kappa shape index (κ2) is 8.47. The van der Waals surface area contributed by atoms with Gasteiger partial charge >= 0.3 is 6.09 Å². The first-order valence-corrected chi connectivity index (χ1v) is 10.4. The Labute approximate surface area is 183 Å². The van der Waals surface area contributed by atoms with Crippen LogP contribution in [0.2, 0.25) is 0 Å². The number of amides is 1. The number of fused-ring (bicyclic) bond motifs is 2. The molecule has 0 unspecified atom stereocenters. The number of halogens is 1. The number of hydrogen-bond donors (Lipinski definition) is 0. The van der Waals surface area contributed by atoms with Crippen LogP contribution in [0.15, 0.2) is 28.7 Å². The highest BCUT2D eigenvalue weighted by Gasteiger charge is 2.30. The molecule has 4 rings (SSSR count). The summed E-state index contributed by atoms with van der Waals surface area (Å²) >= 11 is 3.60. The summed E-state index contributed by atoms with van der Waals surface area (Å²) in [7, 11) is 3.17. The maximum atomic E-state index is 12.7. The average Bonchev–Trinajstić information content (AvgIpc) is 3.21. The SMILES string of the molecule is CCOC(=O)N1CCc2cc3c(cc2/C1=C/c1c(Br)ccc(OC)c1OC)OCO3. The molecule has 0 fully saturated rings. The molecule has 0 atom stereocenters. The van der Waals surface area contributed by atoms with Gasteiger partial charge in [-0.15, -0.1) is 0 Å². The molecule has 2 aliphatic heterocycles. The van der Waals surface area contributed by atoms with Crippen molar-refractivity contribution in [3.8, 4) is 23.0 Å². The van der Waals surface area contributed by atoms with Gasteiger partial charge in [0.25, 0.3) is 0 Å². The molecule has 2 aromatic rings. The van der Waals surface area contributed by atoms with Crippen molar-refractivity contribution in [3.05, 3.63) is 45.4 Å². The van der Waals surface area contributed by atoms with Crippen molar-refractivity contribution in [2.75, 3.05) is 34.2 Å². The second-order valence-electron chi connectivity index (χ2n) is 6.69. The number of methoxy groups -OCH3 is 2. The third-order valence-corrected chi connectivity index (χ3v) is 5.76. The van der Waals surface area contributed by atoms with Crippen LogP contribution in [0, 0.1) is 0 Å². The van der Waals surface area contributed by atoms with E-state index in [1.54, 1.807) is 26.0 Å². The van der Waals surface area contributed by atoms with Gasteiger partial charge in [-0.05, 0) is 49.2 Å². The minimum Gasteiger partial charge on any atom is -0.493 e. The van der Waals surface area contributed by atoms with Gasteiger partial charge in [0.1, 0.15) is 0 Å². The van der Waals surface area contributed by atoms with Gasteiger partial charge in [0.05, 0.1) is 26.5 Å². The van der Waals surface area contributed by atoms with E-state index in [4.69, 9.17) is 23.7 Å². The number of benzene rings is 2. The van der Waals surface area contributed by atoms with E-state index < -0.39 is 6.09 Å². The lowest BCUT2D eigenvalue weighted by molar-refractivity contribution is 0.125. The molecule has 0 aromatic heterocycles. The van der Waals surface area contributed by atoms with Crippen LogP contribution in [0.3, 0.4) is 0 Å². The molecule has 2 aliphatic rings. The van der Waals surface area contributed by atoms with E-state index in [2.05, 4.69) is 15.9 Å². The van der Waals surface area contributed by atoms with Gasteiger partial charge in [0, 0.05) is 22.1 Å². The Morgan fingerprint density at radius 2 is 1.97 bits per heavy atom. The predicted octanol–water partition coefficient (Wildman–Crippen LogP) is 4.71. The first-order chi connectivity index (χ1) is 14.6. The standard InChI is InChI=1S/C22H22BrNO6/c1-4-28-22(25)24-8-7-13-9-19-20(30-12-29-19)11-14(13)17(24)10-15-16(23)5-6-18(26-2)21(15)27-3/h5-6,9-11H,4,7-8,12H2,1-3H3/b17-10-. The van der Waals surface area contributed by atoms with Gasteiger partial charge in [-0.1, -0.05) is 15.9 Å². The molecule has 7 nitrogen and oxygen atoms in total. The number of rotatable bonds is 4. The molecule has 0 spiro atoms. The fraction of sp³-hybridized carbons (Fsp3) is 0.318. The summed E-state index contributed by atoms with van der Waals surface area (Å²) in [6, 6.07) is 7.59. The van der Waals surface area contributed by atoms with E-state index in [0.29, 0.717) is 42.5 Å². The van der Waals surface area contributed by atoms with Crippen LogP contribution in [0.4, 0.5) is 4.79 Å². The molecule has 0 aliphatic carbocycles. The summed E-state index contributed by atoms with van der Waals surface area (Å²) in [6.45, 7) is 2.76. The molecule has 2 aromatic carbocycles. The summed E-state index contributed by atoms with van der Waals surface area (Å²) in [5, 5.41) is 0. The lowest BCUT2D eigenvalue weighted by Gasteiger charge is -2.31. The highest BCUT2D eigenvalue weighted by molar-refractivity contribution is 9.10. The molecule has 0 saturated carbocycles. The van der Waals surface area contributed by atoms with Crippen LogP contribution in [0.25, 0.3) is 11.8 Å². The van der Waals surface area contributed by atoms with Crippen molar-refractivity contribution in [1.82, 2.24) is 4.90 Å². The number of carbonyl (C=O) groups is 1. The predicted molar refractivity (Wildman–Crippen MR) is 115 cm³/mol. The maximum Gasteiger partial charge on any atom is 0.414 e. The topological polar surface area (TPSA) is 66.5 Å². The summed E-state index contributed by atoms with van der Waals surface area (Å²) < 4.78 is 28.3. The number of hydrogen-bond acceptors (Lipinski definition) is 6. The van der Waals surface area contributed by atoms with Gasteiger partial charge < -0.3 is 23.7 Å². The third-order valence-electron chi connectivity index (χ3n) is 5.07. The van der Waals surface area contributed by atoms with Crippen molar-refractivity contribution < 1.29 is 28.5 Å². The van der Waals surface area contributed by atoms with Gasteiger partial charge in [-0.25, -0.2) is 4.79 Å². The fourth-order valence-corrected chi connectivity index (χ4v) is 4.10. The molecule has 0 radical (unpaired) electrons. The average molecular weight is 476 g/mol. The van der Waals surface area contributed by atoms with Crippen LogP contribution in [0.1, 0.15) is 23.6 Å². The zero-order chi connectivity index (χ0) is 21.3. The number of nitrogens with zero attached hydrogens (tertiary/aromatic N) is 1. The van der Waals surface area contributed by atoms with Crippen molar-refractivity contribution in [3.63, 3.8) is 0 Å². The van der Waals surface area contributed by atoms with E-state index in [1.807, 2.05) is 30.3 Å².